The van der Waals surface area contributed by atoms with Crippen molar-refractivity contribution in [1.82, 2.24) is 14.9 Å². The second-order valence-corrected chi connectivity index (χ2v) is 6.61. The number of carbonyl (C=O) groups is 1. The third-order valence-electron chi connectivity index (χ3n) is 5.10. The molecule has 0 saturated carbocycles. The number of rotatable bonds is 6. The summed E-state index contributed by atoms with van der Waals surface area (Å²) in [6, 6.07) is 5.31. The van der Waals surface area contributed by atoms with Crippen LogP contribution in [-0.4, -0.2) is 35.2 Å². The van der Waals surface area contributed by atoms with Crippen LogP contribution in [0, 0.1) is 5.41 Å². The summed E-state index contributed by atoms with van der Waals surface area (Å²) >= 11 is 0. The Morgan fingerprint density at radius 1 is 1.32 bits per heavy atom. The minimum absolute atomic E-state index is 0.0315. The standard InChI is InChI=1S/C19H25N3O3/c1-2-25-18(24)19(8-11-20-12-9-19)7-3-13-22-16-14-21-10-6-15(16)4-5-17(22)23/h4-6,10,14,20H,2-3,7-9,11-13H2,1H3. The zero-order chi connectivity index (χ0) is 17.7. The van der Waals surface area contributed by atoms with E-state index in [0.717, 1.165) is 49.7 Å². The highest BCUT2D eigenvalue weighted by Gasteiger charge is 2.40. The predicted octanol–water partition coefficient (Wildman–Crippen LogP) is 2.11. The average Bonchev–Trinajstić information content (AvgIpc) is 2.64. The van der Waals surface area contributed by atoms with Crippen LogP contribution in [0.25, 0.3) is 10.9 Å². The Kier molecular flexibility index (Phi) is 5.48. The van der Waals surface area contributed by atoms with Gasteiger partial charge in [0.2, 0.25) is 0 Å². The Balaban J connectivity index is 1.76. The van der Waals surface area contributed by atoms with Crippen molar-refractivity contribution < 1.29 is 9.53 Å². The molecule has 0 aromatic carbocycles. The van der Waals surface area contributed by atoms with Crippen LogP contribution in [0.3, 0.4) is 0 Å². The molecular formula is C19H25N3O3. The summed E-state index contributed by atoms with van der Waals surface area (Å²) in [4.78, 5) is 28.9. The van der Waals surface area contributed by atoms with E-state index in [2.05, 4.69) is 10.3 Å². The lowest BCUT2D eigenvalue weighted by Gasteiger charge is -2.35. The van der Waals surface area contributed by atoms with Crippen LogP contribution in [0.2, 0.25) is 0 Å². The van der Waals surface area contributed by atoms with Gasteiger partial charge in [-0.05, 0) is 57.8 Å². The number of pyridine rings is 2. The summed E-state index contributed by atoms with van der Waals surface area (Å²) in [5, 5.41) is 4.30. The molecule has 0 bridgehead atoms. The quantitative estimate of drug-likeness (QED) is 0.813. The van der Waals surface area contributed by atoms with Gasteiger partial charge in [0.1, 0.15) is 0 Å². The van der Waals surface area contributed by atoms with Gasteiger partial charge < -0.3 is 14.6 Å². The van der Waals surface area contributed by atoms with Crippen LogP contribution in [0.4, 0.5) is 0 Å². The number of hydrogen-bond donors (Lipinski definition) is 1. The summed E-state index contributed by atoms with van der Waals surface area (Å²) < 4.78 is 7.09. The Hall–Kier alpha value is -2.21. The zero-order valence-electron chi connectivity index (χ0n) is 14.7. The van der Waals surface area contributed by atoms with E-state index >= 15 is 0 Å². The van der Waals surface area contributed by atoms with Crippen LogP contribution < -0.4 is 10.9 Å². The SMILES string of the molecule is CCOC(=O)C1(CCCn2c(=O)ccc3ccncc32)CCNCC1. The first-order valence-electron chi connectivity index (χ1n) is 8.98. The summed E-state index contributed by atoms with van der Waals surface area (Å²) in [5.41, 5.74) is 0.384. The molecular weight excluding hydrogens is 318 g/mol. The maximum Gasteiger partial charge on any atom is 0.312 e. The van der Waals surface area contributed by atoms with Crippen LogP contribution in [-0.2, 0) is 16.1 Å². The predicted molar refractivity (Wildman–Crippen MR) is 96.4 cm³/mol. The van der Waals surface area contributed by atoms with Crippen LogP contribution in [0.15, 0.2) is 35.4 Å². The first kappa shape index (κ1) is 17.6. The smallest absolute Gasteiger partial charge is 0.312 e. The molecule has 1 aliphatic heterocycles. The molecule has 0 aliphatic carbocycles. The average molecular weight is 343 g/mol. The maximum absolute atomic E-state index is 12.5. The van der Waals surface area contributed by atoms with Gasteiger partial charge in [0, 0.05) is 24.2 Å². The van der Waals surface area contributed by atoms with Crippen LogP contribution in [0.5, 0.6) is 0 Å². The molecule has 6 nitrogen and oxygen atoms in total. The van der Waals surface area contributed by atoms with E-state index < -0.39 is 5.41 Å². The van der Waals surface area contributed by atoms with Gasteiger partial charge in [0.05, 0.1) is 23.7 Å². The van der Waals surface area contributed by atoms with E-state index in [0.29, 0.717) is 13.2 Å². The van der Waals surface area contributed by atoms with Gasteiger partial charge in [-0.25, -0.2) is 0 Å². The number of carbonyl (C=O) groups excluding carboxylic acids is 1. The lowest BCUT2D eigenvalue weighted by atomic mass is 9.75. The van der Waals surface area contributed by atoms with Gasteiger partial charge in [0.15, 0.2) is 0 Å². The molecule has 0 atom stereocenters. The number of hydrogen-bond acceptors (Lipinski definition) is 5. The molecule has 0 spiro atoms. The monoisotopic (exact) mass is 343 g/mol. The number of aryl methyl sites for hydroxylation is 1. The van der Waals surface area contributed by atoms with Gasteiger partial charge >= 0.3 is 5.97 Å². The number of nitrogens with zero attached hydrogens (tertiary/aromatic N) is 2. The fraction of sp³-hybridized carbons (Fsp3) is 0.526. The van der Waals surface area contributed by atoms with Crippen LogP contribution in [0.1, 0.15) is 32.6 Å². The molecule has 1 fully saturated rings. The topological polar surface area (TPSA) is 73.2 Å². The lowest BCUT2D eigenvalue weighted by molar-refractivity contribution is -0.157. The van der Waals surface area contributed by atoms with Crippen molar-refractivity contribution >= 4 is 16.9 Å². The first-order valence-corrected chi connectivity index (χ1v) is 8.98. The Labute approximate surface area is 147 Å². The highest BCUT2D eigenvalue weighted by molar-refractivity contribution is 5.78. The van der Waals surface area contributed by atoms with E-state index in [4.69, 9.17) is 4.74 Å². The number of aromatic nitrogens is 2. The number of ether oxygens (including phenoxy) is 1. The summed E-state index contributed by atoms with van der Waals surface area (Å²) in [5.74, 6) is -0.0940. The van der Waals surface area contributed by atoms with Gasteiger partial charge in [-0.15, -0.1) is 0 Å². The fourth-order valence-corrected chi connectivity index (χ4v) is 3.69. The number of esters is 1. The van der Waals surface area contributed by atoms with E-state index in [-0.39, 0.29) is 11.5 Å². The molecule has 1 aliphatic rings. The number of nitrogens with one attached hydrogen (secondary N) is 1. The fourth-order valence-electron chi connectivity index (χ4n) is 3.69. The van der Waals surface area contributed by atoms with E-state index in [1.54, 1.807) is 23.0 Å². The summed E-state index contributed by atoms with van der Waals surface area (Å²) in [6.07, 6.45) is 6.52. The summed E-state index contributed by atoms with van der Waals surface area (Å²) in [6.45, 7) is 4.49. The molecule has 2 aromatic heterocycles. The molecule has 0 amide bonds. The lowest BCUT2D eigenvalue weighted by Crippen LogP contribution is -2.43. The summed E-state index contributed by atoms with van der Waals surface area (Å²) in [7, 11) is 0. The van der Waals surface area contributed by atoms with Crippen molar-refractivity contribution in [3.05, 3.63) is 40.9 Å². The second kappa shape index (κ2) is 7.78. The largest absolute Gasteiger partial charge is 0.466 e. The third-order valence-corrected chi connectivity index (χ3v) is 5.10. The first-order chi connectivity index (χ1) is 12.2. The highest BCUT2D eigenvalue weighted by atomic mass is 16.5. The van der Waals surface area contributed by atoms with E-state index in [1.165, 1.54) is 0 Å². The number of piperidine rings is 1. The third kappa shape index (κ3) is 3.74. The minimum atomic E-state index is -0.423. The molecule has 134 valence electrons. The zero-order valence-corrected chi connectivity index (χ0v) is 14.7. The molecule has 1 saturated heterocycles. The van der Waals surface area contributed by atoms with Gasteiger partial charge in [-0.2, -0.15) is 0 Å². The Morgan fingerprint density at radius 3 is 2.88 bits per heavy atom. The van der Waals surface area contributed by atoms with Crippen molar-refractivity contribution in [1.29, 1.82) is 0 Å². The number of fused-ring (bicyclic) bond motifs is 1. The molecule has 3 heterocycles. The van der Waals surface area contributed by atoms with Crippen molar-refractivity contribution in [2.75, 3.05) is 19.7 Å². The van der Waals surface area contributed by atoms with Gasteiger partial charge in [0.25, 0.3) is 5.56 Å². The molecule has 25 heavy (non-hydrogen) atoms. The molecule has 1 N–H and O–H groups in total. The molecule has 6 heteroatoms. The normalized spacial score (nSPS) is 16.7. The molecule has 0 unspecified atom stereocenters. The highest BCUT2D eigenvalue weighted by Crippen LogP contribution is 2.35. The van der Waals surface area contributed by atoms with Crippen molar-refractivity contribution in [3.63, 3.8) is 0 Å². The van der Waals surface area contributed by atoms with Crippen molar-refractivity contribution in [3.8, 4) is 0 Å². The van der Waals surface area contributed by atoms with E-state index in [9.17, 15) is 9.59 Å². The van der Waals surface area contributed by atoms with Crippen molar-refractivity contribution in [2.24, 2.45) is 5.41 Å². The van der Waals surface area contributed by atoms with E-state index in [1.807, 2.05) is 19.1 Å². The van der Waals surface area contributed by atoms with Crippen molar-refractivity contribution in [2.45, 2.75) is 39.2 Å². The Morgan fingerprint density at radius 2 is 2.12 bits per heavy atom. The molecule has 0 radical (unpaired) electrons. The van der Waals surface area contributed by atoms with Gasteiger partial charge in [-0.1, -0.05) is 0 Å². The van der Waals surface area contributed by atoms with Gasteiger partial charge in [-0.3, -0.25) is 14.6 Å². The Bertz CT molecular complexity index is 794. The molecule has 3 rings (SSSR count). The minimum Gasteiger partial charge on any atom is -0.466 e. The van der Waals surface area contributed by atoms with Crippen LogP contribution >= 0.6 is 0 Å². The maximum atomic E-state index is 12.5. The second-order valence-electron chi connectivity index (χ2n) is 6.61. The molecule has 2 aromatic rings.